The van der Waals surface area contributed by atoms with E-state index in [0.29, 0.717) is 12.6 Å². The number of halogens is 2. The largest absolute Gasteiger partial charge is 0.352 e. The van der Waals surface area contributed by atoms with Gasteiger partial charge in [0, 0.05) is 12.6 Å². The zero-order valence-electron chi connectivity index (χ0n) is 10.0. The predicted molar refractivity (Wildman–Crippen MR) is 69.4 cm³/mol. The maximum atomic E-state index is 13.2. The van der Waals surface area contributed by atoms with E-state index in [4.69, 9.17) is 11.6 Å². The smallest absolute Gasteiger partial charge is 0.252 e. The van der Waals surface area contributed by atoms with Gasteiger partial charge in [0.25, 0.3) is 5.91 Å². The Kier molecular flexibility index (Phi) is 4.55. The minimum Gasteiger partial charge on any atom is -0.352 e. The molecule has 0 bridgehead atoms. The highest BCUT2D eigenvalue weighted by molar-refractivity contribution is 6.34. The molecule has 1 aromatic rings. The van der Waals surface area contributed by atoms with Crippen molar-refractivity contribution in [3.63, 3.8) is 0 Å². The molecular weight excluding hydrogens is 255 g/mol. The zero-order valence-corrected chi connectivity index (χ0v) is 10.8. The third kappa shape index (κ3) is 3.68. The lowest BCUT2D eigenvalue weighted by atomic mass is 10.2. The molecule has 2 rings (SSSR count). The maximum absolute atomic E-state index is 13.2. The average Bonchev–Trinajstić information content (AvgIpc) is 3.16. The van der Waals surface area contributed by atoms with Gasteiger partial charge in [-0.05, 0) is 37.9 Å². The van der Waals surface area contributed by atoms with Crippen LogP contribution in [0.4, 0.5) is 4.39 Å². The molecule has 18 heavy (non-hydrogen) atoms. The van der Waals surface area contributed by atoms with Gasteiger partial charge in [-0.2, -0.15) is 0 Å². The van der Waals surface area contributed by atoms with Crippen LogP contribution in [0.1, 0.15) is 29.6 Å². The topological polar surface area (TPSA) is 41.1 Å². The molecule has 0 unspecified atom stereocenters. The van der Waals surface area contributed by atoms with Crippen molar-refractivity contribution in [2.45, 2.75) is 25.3 Å². The molecule has 0 atom stereocenters. The summed E-state index contributed by atoms with van der Waals surface area (Å²) in [6.45, 7) is 1.45. The number of benzene rings is 1. The molecular formula is C13H16ClFN2O. The quantitative estimate of drug-likeness (QED) is 0.779. The van der Waals surface area contributed by atoms with Crippen LogP contribution in [0.3, 0.4) is 0 Å². The van der Waals surface area contributed by atoms with Gasteiger partial charge in [-0.1, -0.05) is 17.7 Å². The van der Waals surface area contributed by atoms with E-state index in [9.17, 15) is 9.18 Å². The second-order valence-electron chi connectivity index (χ2n) is 4.44. The Bertz CT molecular complexity index is 435. The maximum Gasteiger partial charge on any atom is 0.252 e. The van der Waals surface area contributed by atoms with Crippen LogP contribution in [0.5, 0.6) is 0 Å². The number of carbonyl (C=O) groups excluding carboxylic acids is 1. The zero-order chi connectivity index (χ0) is 13.0. The molecule has 0 heterocycles. The second-order valence-corrected chi connectivity index (χ2v) is 4.82. The van der Waals surface area contributed by atoms with Crippen LogP contribution < -0.4 is 10.6 Å². The van der Waals surface area contributed by atoms with E-state index >= 15 is 0 Å². The van der Waals surface area contributed by atoms with E-state index in [1.807, 2.05) is 0 Å². The molecule has 1 aliphatic rings. The molecule has 3 nitrogen and oxygen atoms in total. The van der Waals surface area contributed by atoms with E-state index < -0.39 is 5.82 Å². The highest BCUT2D eigenvalue weighted by Gasteiger charge is 2.19. The van der Waals surface area contributed by atoms with Crippen molar-refractivity contribution in [3.05, 3.63) is 34.6 Å². The third-order valence-electron chi connectivity index (χ3n) is 2.85. The first kappa shape index (κ1) is 13.3. The molecule has 98 valence electrons. The van der Waals surface area contributed by atoms with Gasteiger partial charge in [0.1, 0.15) is 5.82 Å². The average molecular weight is 271 g/mol. The van der Waals surface area contributed by atoms with Gasteiger partial charge in [0.2, 0.25) is 0 Å². The Balaban J connectivity index is 1.74. The summed E-state index contributed by atoms with van der Waals surface area (Å²) in [5.74, 6) is -0.898. The van der Waals surface area contributed by atoms with Crippen LogP contribution in [-0.2, 0) is 0 Å². The van der Waals surface area contributed by atoms with E-state index in [0.717, 1.165) is 13.0 Å². The Labute approximate surface area is 111 Å². The molecule has 1 aromatic carbocycles. The van der Waals surface area contributed by atoms with Gasteiger partial charge >= 0.3 is 0 Å². The molecule has 0 aromatic heterocycles. The van der Waals surface area contributed by atoms with Crippen molar-refractivity contribution < 1.29 is 9.18 Å². The van der Waals surface area contributed by atoms with E-state index in [-0.39, 0.29) is 16.5 Å². The van der Waals surface area contributed by atoms with Gasteiger partial charge in [0.15, 0.2) is 0 Å². The summed E-state index contributed by atoms with van der Waals surface area (Å²) in [5, 5.41) is 5.96. The Morgan fingerprint density at radius 2 is 2.17 bits per heavy atom. The lowest BCUT2D eigenvalue weighted by Crippen LogP contribution is -2.28. The van der Waals surface area contributed by atoms with Gasteiger partial charge < -0.3 is 10.6 Å². The van der Waals surface area contributed by atoms with Crippen LogP contribution in [0.25, 0.3) is 0 Å². The SMILES string of the molecule is O=C(NCCCNC1CC1)c1cccc(F)c1Cl. The summed E-state index contributed by atoms with van der Waals surface area (Å²) < 4.78 is 13.2. The lowest BCUT2D eigenvalue weighted by Gasteiger charge is -2.07. The van der Waals surface area contributed by atoms with Crippen molar-refractivity contribution in [1.82, 2.24) is 10.6 Å². The first-order valence-electron chi connectivity index (χ1n) is 6.14. The molecule has 1 aliphatic carbocycles. The van der Waals surface area contributed by atoms with Crippen molar-refractivity contribution in [1.29, 1.82) is 0 Å². The first-order valence-corrected chi connectivity index (χ1v) is 6.52. The van der Waals surface area contributed by atoms with Crippen molar-refractivity contribution in [2.24, 2.45) is 0 Å². The van der Waals surface area contributed by atoms with Gasteiger partial charge in [-0.3, -0.25) is 4.79 Å². The number of carbonyl (C=O) groups is 1. The molecule has 0 radical (unpaired) electrons. The fraction of sp³-hybridized carbons (Fsp3) is 0.462. The van der Waals surface area contributed by atoms with Crippen molar-refractivity contribution >= 4 is 17.5 Å². The number of nitrogens with one attached hydrogen (secondary N) is 2. The van der Waals surface area contributed by atoms with Crippen molar-refractivity contribution in [3.8, 4) is 0 Å². The monoisotopic (exact) mass is 270 g/mol. The standard InChI is InChI=1S/C13H16ClFN2O/c14-12-10(3-1-4-11(12)15)13(18)17-8-2-7-16-9-5-6-9/h1,3-4,9,16H,2,5-8H2,(H,17,18). The van der Waals surface area contributed by atoms with E-state index in [1.54, 1.807) is 0 Å². The molecule has 2 N–H and O–H groups in total. The fourth-order valence-corrected chi connectivity index (χ4v) is 1.87. The van der Waals surface area contributed by atoms with Crippen LogP contribution in [0, 0.1) is 5.82 Å². The minimum absolute atomic E-state index is 0.119. The summed E-state index contributed by atoms with van der Waals surface area (Å²) in [7, 11) is 0. The fourth-order valence-electron chi connectivity index (χ4n) is 1.66. The lowest BCUT2D eigenvalue weighted by molar-refractivity contribution is 0.0953. The first-order chi connectivity index (χ1) is 8.68. The molecule has 1 amide bonds. The normalized spacial score (nSPS) is 14.6. The van der Waals surface area contributed by atoms with Crippen LogP contribution in [0.15, 0.2) is 18.2 Å². The predicted octanol–water partition coefficient (Wildman–Crippen LogP) is 2.35. The molecule has 0 spiro atoms. The number of hydrogen-bond donors (Lipinski definition) is 2. The highest BCUT2D eigenvalue weighted by Crippen LogP contribution is 2.19. The Morgan fingerprint density at radius 1 is 1.39 bits per heavy atom. The summed E-state index contributed by atoms with van der Waals surface area (Å²) in [5.41, 5.74) is 0.187. The van der Waals surface area contributed by atoms with Crippen molar-refractivity contribution in [2.75, 3.05) is 13.1 Å². The number of hydrogen-bond acceptors (Lipinski definition) is 2. The summed E-state index contributed by atoms with van der Waals surface area (Å²) in [6.07, 6.45) is 3.37. The number of rotatable bonds is 6. The highest BCUT2D eigenvalue weighted by atomic mass is 35.5. The van der Waals surface area contributed by atoms with Crippen LogP contribution in [0.2, 0.25) is 5.02 Å². The summed E-state index contributed by atoms with van der Waals surface area (Å²) in [6, 6.07) is 4.91. The third-order valence-corrected chi connectivity index (χ3v) is 3.23. The Morgan fingerprint density at radius 3 is 2.89 bits per heavy atom. The molecule has 1 fully saturated rings. The van der Waals surface area contributed by atoms with E-state index in [2.05, 4.69) is 10.6 Å². The summed E-state index contributed by atoms with van der Waals surface area (Å²) >= 11 is 5.73. The van der Waals surface area contributed by atoms with E-state index in [1.165, 1.54) is 31.0 Å². The van der Waals surface area contributed by atoms with Crippen LogP contribution in [-0.4, -0.2) is 25.0 Å². The molecule has 0 saturated heterocycles. The molecule has 0 aliphatic heterocycles. The minimum atomic E-state index is -0.570. The Hall–Kier alpha value is -1.13. The molecule has 5 heteroatoms. The van der Waals surface area contributed by atoms with Gasteiger partial charge in [0.05, 0.1) is 10.6 Å². The summed E-state index contributed by atoms with van der Waals surface area (Å²) in [4.78, 5) is 11.7. The number of amides is 1. The second kappa shape index (κ2) is 6.16. The molecule has 1 saturated carbocycles. The van der Waals surface area contributed by atoms with Gasteiger partial charge in [-0.25, -0.2) is 4.39 Å². The van der Waals surface area contributed by atoms with Gasteiger partial charge in [-0.15, -0.1) is 0 Å². The van der Waals surface area contributed by atoms with Crippen LogP contribution >= 0.6 is 11.6 Å².